The quantitative estimate of drug-likeness (QED) is 0.234. The summed E-state index contributed by atoms with van der Waals surface area (Å²) in [6, 6.07) is 34.3. The predicted molar refractivity (Wildman–Crippen MR) is 161 cm³/mol. The van der Waals surface area contributed by atoms with Gasteiger partial charge in [0.25, 0.3) is 0 Å². The highest BCUT2D eigenvalue weighted by Crippen LogP contribution is 2.50. The van der Waals surface area contributed by atoms with Crippen molar-refractivity contribution in [3.05, 3.63) is 119 Å². The molecule has 0 saturated carbocycles. The molecule has 3 nitrogen and oxygen atoms in total. The molecule has 188 valence electrons. The molecular weight excluding hydrogens is 476 g/mol. The van der Waals surface area contributed by atoms with Crippen molar-refractivity contribution >= 4 is 33.0 Å². The Hall–Kier alpha value is -4.63. The Morgan fingerprint density at radius 2 is 1.62 bits per heavy atom. The average molecular weight is 506 g/mol. The van der Waals surface area contributed by atoms with Crippen LogP contribution in [-0.2, 0) is 5.41 Å². The van der Waals surface area contributed by atoms with E-state index >= 15 is 0 Å². The molecular formula is C36H28N2O. The van der Waals surface area contributed by atoms with Gasteiger partial charge in [-0.1, -0.05) is 62.4 Å². The number of hydrogen-bond donors (Lipinski definition) is 0. The lowest BCUT2D eigenvalue weighted by atomic mass is 9.82. The van der Waals surface area contributed by atoms with Crippen molar-refractivity contribution in [2.75, 3.05) is 0 Å². The van der Waals surface area contributed by atoms with Crippen LogP contribution >= 0.6 is 0 Å². The number of rotatable bonds is 2. The van der Waals surface area contributed by atoms with Gasteiger partial charge in [-0.15, -0.1) is 0 Å². The molecule has 0 atom stereocenters. The van der Waals surface area contributed by atoms with E-state index in [0.29, 0.717) is 0 Å². The van der Waals surface area contributed by atoms with Crippen LogP contribution in [0.15, 0.2) is 101 Å². The van der Waals surface area contributed by atoms with Gasteiger partial charge < -0.3 is 4.42 Å². The van der Waals surface area contributed by atoms with Crippen LogP contribution in [0.3, 0.4) is 0 Å². The summed E-state index contributed by atoms with van der Waals surface area (Å²) in [5, 5.41) is 2.12. The van der Waals surface area contributed by atoms with Gasteiger partial charge >= 0.3 is 0 Å². The molecule has 0 bridgehead atoms. The maximum atomic E-state index is 7.73. The molecule has 0 amide bonds. The SMILES string of the molecule is [2H]Cc1ccc2c(c1)oc1ccc(-c3nc4ccccc4n3-c3cc4c(cc3C)-c3ccccc3C4(C)C)cc12. The predicted octanol–water partition coefficient (Wildman–Crippen LogP) is 9.52. The van der Waals surface area contributed by atoms with Gasteiger partial charge in [-0.25, -0.2) is 4.98 Å². The van der Waals surface area contributed by atoms with Crippen LogP contribution in [0.4, 0.5) is 0 Å². The van der Waals surface area contributed by atoms with Gasteiger partial charge in [-0.3, -0.25) is 4.57 Å². The van der Waals surface area contributed by atoms with Gasteiger partial charge in [0, 0.05) is 23.1 Å². The molecule has 0 aliphatic heterocycles. The number of nitrogens with zero attached hydrogens (tertiary/aromatic N) is 2. The Morgan fingerprint density at radius 3 is 2.51 bits per heavy atom. The van der Waals surface area contributed by atoms with Crippen LogP contribution in [0.25, 0.3) is 61.2 Å². The monoisotopic (exact) mass is 505 g/mol. The normalized spacial score (nSPS) is 14.2. The van der Waals surface area contributed by atoms with Crippen LogP contribution in [0, 0.1) is 13.8 Å². The lowest BCUT2D eigenvalue weighted by Gasteiger charge is -2.23. The van der Waals surface area contributed by atoms with E-state index in [1.165, 1.54) is 27.8 Å². The highest BCUT2D eigenvalue weighted by Gasteiger charge is 2.36. The van der Waals surface area contributed by atoms with E-state index < -0.39 is 0 Å². The first-order valence-corrected chi connectivity index (χ1v) is 13.4. The lowest BCUT2D eigenvalue weighted by molar-refractivity contribution is 0.659. The molecule has 5 aromatic carbocycles. The van der Waals surface area contributed by atoms with E-state index in [9.17, 15) is 0 Å². The van der Waals surface area contributed by atoms with Gasteiger partial charge in [0.15, 0.2) is 0 Å². The minimum Gasteiger partial charge on any atom is -0.456 e. The molecule has 8 rings (SSSR count). The van der Waals surface area contributed by atoms with Crippen molar-refractivity contribution in [1.29, 1.82) is 0 Å². The summed E-state index contributed by atoms with van der Waals surface area (Å²) in [7, 11) is 0. The molecule has 0 spiro atoms. The van der Waals surface area contributed by atoms with Crippen molar-refractivity contribution in [1.82, 2.24) is 9.55 Å². The zero-order valence-corrected chi connectivity index (χ0v) is 22.2. The maximum absolute atomic E-state index is 7.73. The summed E-state index contributed by atoms with van der Waals surface area (Å²) >= 11 is 0. The first-order valence-electron chi connectivity index (χ1n) is 14.1. The second-order valence-electron chi connectivity index (χ2n) is 11.3. The standard InChI is InChI=1S/C36H28N2O/c1-21-13-15-25-27-19-23(14-16-33(27)39-34(25)17-21)35-37-30-11-7-8-12-31(30)38(35)32-20-29-26(18-22(32)2)24-9-5-6-10-28(24)36(29,3)4/h5-20H,1-4H3/i1D. The molecule has 2 aromatic heterocycles. The molecule has 0 saturated heterocycles. The highest BCUT2D eigenvalue weighted by molar-refractivity contribution is 6.06. The van der Waals surface area contributed by atoms with Crippen LogP contribution in [-0.4, -0.2) is 9.55 Å². The van der Waals surface area contributed by atoms with Crippen molar-refractivity contribution in [3.63, 3.8) is 0 Å². The van der Waals surface area contributed by atoms with Gasteiger partial charge in [-0.2, -0.15) is 0 Å². The van der Waals surface area contributed by atoms with Gasteiger partial charge in [0.2, 0.25) is 0 Å². The van der Waals surface area contributed by atoms with Crippen LogP contribution < -0.4 is 0 Å². The molecule has 0 fully saturated rings. The maximum Gasteiger partial charge on any atom is 0.145 e. The number of furan rings is 1. The van der Waals surface area contributed by atoms with Crippen molar-refractivity contribution < 1.29 is 5.79 Å². The molecule has 1 aliphatic carbocycles. The Labute approximate surface area is 228 Å². The molecule has 0 N–H and O–H groups in total. The Balaban J connectivity index is 1.38. The minimum atomic E-state index is -0.0859. The summed E-state index contributed by atoms with van der Waals surface area (Å²) < 4.78 is 16.2. The molecule has 39 heavy (non-hydrogen) atoms. The fraction of sp³-hybridized carbons (Fsp3) is 0.139. The van der Waals surface area contributed by atoms with Crippen molar-refractivity contribution in [3.8, 4) is 28.2 Å². The minimum absolute atomic E-state index is 0.0859. The van der Waals surface area contributed by atoms with E-state index in [1.807, 2.05) is 18.2 Å². The van der Waals surface area contributed by atoms with Gasteiger partial charge in [0.1, 0.15) is 17.0 Å². The fourth-order valence-electron chi connectivity index (χ4n) is 6.51. The fourth-order valence-corrected chi connectivity index (χ4v) is 6.51. The average Bonchev–Trinajstić information content (AvgIpc) is 3.60. The summed E-state index contributed by atoms with van der Waals surface area (Å²) in [6.07, 6.45) is 0. The first kappa shape index (κ1) is 21.3. The van der Waals surface area contributed by atoms with Crippen molar-refractivity contribution in [2.45, 2.75) is 33.1 Å². The van der Waals surface area contributed by atoms with Gasteiger partial charge in [-0.05, 0) is 95.7 Å². The summed E-state index contributed by atoms with van der Waals surface area (Å²) in [6.45, 7) is 7.10. The van der Waals surface area contributed by atoms with Crippen LogP contribution in [0.5, 0.6) is 0 Å². The molecule has 2 heterocycles. The topological polar surface area (TPSA) is 31.0 Å². The third-order valence-electron chi connectivity index (χ3n) is 8.50. The third kappa shape index (κ3) is 3.07. The number of aryl methyl sites for hydroxylation is 2. The highest BCUT2D eigenvalue weighted by atomic mass is 16.3. The van der Waals surface area contributed by atoms with E-state index in [4.69, 9.17) is 10.8 Å². The number of para-hydroxylation sites is 2. The van der Waals surface area contributed by atoms with E-state index in [-0.39, 0.29) is 12.3 Å². The molecule has 0 radical (unpaired) electrons. The molecule has 1 aliphatic rings. The lowest BCUT2D eigenvalue weighted by Crippen LogP contribution is -2.15. The summed E-state index contributed by atoms with van der Waals surface area (Å²) in [5.74, 6) is 0.914. The van der Waals surface area contributed by atoms with Crippen LogP contribution in [0.1, 0.15) is 37.5 Å². The van der Waals surface area contributed by atoms with E-state index in [2.05, 4.69) is 104 Å². The largest absolute Gasteiger partial charge is 0.456 e. The first-order chi connectivity index (χ1) is 19.4. The zero-order chi connectivity index (χ0) is 27.2. The number of benzene rings is 5. The van der Waals surface area contributed by atoms with Crippen molar-refractivity contribution in [2.24, 2.45) is 0 Å². The molecule has 7 aromatic rings. The Kier molecular flexibility index (Phi) is 4.21. The smallest absolute Gasteiger partial charge is 0.145 e. The van der Waals surface area contributed by atoms with Crippen LogP contribution in [0.2, 0.25) is 0 Å². The number of imidazole rings is 1. The second-order valence-corrected chi connectivity index (χ2v) is 11.3. The summed E-state index contributed by atoms with van der Waals surface area (Å²) in [5.41, 5.74) is 13.4. The zero-order valence-electron chi connectivity index (χ0n) is 23.2. The summed E-state index contributed by atoms with van der Waals surface area (Å²) in [4.78, 5) is 5.18. The number of fused-ring (bicyclic) bond motifs is 7. The van der Waals surface area contributed by atoms with E-state index in [0.717, 1.165) is 55.6 Å². The Morgan fingerprint density at radius 1 is 0.769 bits per heavy atom. The number of hydrogen-bond acceptors (Lipinski definition) is 2. The van der Waals surface area contributed by atoms with E-state index in [1.54, 1.807) is 0 Å². The second kappa shape index (κ2) is 7.70. The Bertz CT molecular complexity index is 2150. The van der Waals surface area contributed by atoms with Gasteiger partial charge in [0.05, 0.1) is 16.7 Å². The molecule has 0 unspecified atom stereocenters. The number of aromatic nitrogens is 2. The third-order valence-corrected chi connectivity index (χ3v) is 8.50. The molecule has 3 heteroatoms.